The Balaban J connectivity index is 1.50. The van der Waals surface area contributed by atoms with Gasteiger partial charge in [0.05, 0.1) is 0 Å². The summed E-state index contributed by atoms with van der Waals surface area (Å²) in [5.74, 6) is 2.45. The van der Waals surface area contributed by atoms with E-state index in [2.05, 4.69) is 16.8 Å². The Labute approximate surface area is 98.1 Å². The highest BCUT2D eigenvalue weighted by molar-refractivity contribution is 5.78. The van der Waals surface area contributed by atoms with Crippen LogP contribution in [0.3, 0.4) is 0 Å². The maximum Gasteiger partial charge on any atom is 0.191 e. The highest BCUT2D eigenvalue weighted by Crippen LogP contribution is 2.70. The van der Waals surface area contributed by atoms with Gasteiger partial charge in [-0.05, 0) is 49.4 Å². The normalized spacial score (nSPS) is 36.6. The molecule has 2 atom stereocenters. The summed E-state index contributed by atoms with van der Waals surface area (Å²) in [6, 6.07) is 0. The van der Waals surface area contributed by atoms with Crippen LogP contribution in [0.2, 0.25) is 0 Å². The Morgan fingerprint density at radius 3 is 2.94 bits per heavy atom. The van der Waals surface area contributed by atoms with E-state index < -0.39 is 0 Å². The van der Waals surface area contributed by atoms with Crippen molar-refractivity contribution in [2.45, 2.75) is 39.0 Å². The maximum atomic E-state index is 6.07. The summed E-state index contributed by atoms with van der Waals surface area (Å²) in [5, 5.41) is 0. The number of nitrogens with zero attached hydrogens (tertiary/aromatic N) is 2. The minimum Gasteiger partial charge on any atom is -0.370 e. The first-order valence-electron chi connectivity index (χ1n) is 6.74. The molecule has 1 spiro atoms. The van der Waals surface area contributed by atoms with Gasteiger partial charge in [0, 0.05) is 19.6 Å². The molecule has 2 N–H and O–H groups in total. The molecule has 1 saturated heterocycles. The molecule has 16 heavy (non-hydrogen) atoms. The van der Waals surface area contributed by atoms with Gasteiger partial charge in [-0.15, -0.1) is 0 Å². The van der Waals surface area contributed by atoms with Gasteiger partial charge in [0.1, 0.15) is 0 Å². The third-order valence-electron chi connectivity index (χ3n) is 4.71. The van der Waals surface area contributed by atoms with Gasteiger partial charge >= 0.3 is 0 Å². The number of nitrogens with two attached hydrogens (primary N) is 1. The molecule has 2 saturated carbocycles. The number of likely N-dealkylation sites (tertiary alicyclic amines) is 1. The zero-order valence-corrected chi connectivity index (χ0v) is 10.3. The largest absolute Gasteiger partial charge is 0.370 e. The molecule has 0 aromatic heterocycles. The zero-order valence-electron chi connectivity index (χ0n) is 10.3. The summed E-state index contributed by atoms with van der Waals surface area (Å²) in [4.78, 5) is 6.87. The van der Waals surface area contributed by atoms with Crippen molar-refractivity contribution in [3.05, 3.63) is 0 Å². The van der Waals surface area contributed by atoms with Crippen molar-refractivity contribution >= 4 is 5.96 Å². The summed E-state index contributed by atoms with van der Waals surface area (Å²) >= 11 is 0. The van der Waals surface area contributed by atoms with Gasteiger partial charge in [-0.2, -0.15) is 0 Å². The van der Waals surface area contributed by atoms with Crippen molar-refractivity contribution in [1.82, 2.24) is 4.90 Å². The van der Waals surface area contributed by atoms with Crippen molar-refractivity contribution in [3.8, 4) is 0 Å². The van der Waals surface area contributed by atoms with E-state index in [1.807, 2.05) is 0 Å². The molecule has 3 nitrogen and oxygen atoms in total. The Morgan fingerprint density at radius 2 is 2.31 bits per heavy atom. The minimum absolute atomic E-state index is 0.763. The van der Waals surface area contributed by atoms with Gasteiger partial charge in [-0.1, -0.05) is 6.92 Å². The van der Waals surface area contributed by atoms with Crippen LogP contribution in [-0.4, -0.2) is 30.5 Å². The summed E-state index contributed by atoms with van der Waals surface area (Å²) < 4.78 is 0. The summed E-state index contributed by atoms with van der Waals surface area (Å²) in [5.41, 5.74) is 6.83. The first kappa shape index (κ1) is 10.4. The van der Waals surface area contributed by atoms with E-state index in [4.69, 9.17) is 5.73 Å². The summed E-state index contributed by atoms with van der Waals surface area (Å²) in [7, 11) is 0. The first-order valence-corrected chi connectivity index (χ1v) is 6.74. The molecule has 0 aromatic rings. The van der Waals surface area contributed by atoms with Crippen molar-refractivity contribution < 1.29 is 0 Å². The molecule has 2 aliphatic carbocycles. The Morgan fingerprint density at radius 1 is 1.50 bits per heavy atom. The van der Waals surface area contributed by atoms with E-state index in [1.54, 1.807) is 0 Å². The molecule has 3 fully saturated rings. The lowest BCUT2D eigenvalue weighted by atomic mass is 10.0. The molecule has 0 radical (unpaired) electrons. The third kappa shape index (κ3) is 1.92. The molecule has 1 aliphatic heterocycles. The van der Waals surface area contributed by atoms with Crippen molar-refractivity contribution in [1.29, 1.82) is 0 Å². The molecular weight excluding hydrogens is 198 g/mol. The maximum absolute atomic E-state index is 6.07. The van der Waals surface area contributed by atoms with Crippen LogP contribution in [0.1, 0.15) is 39.0 Å². The molecule has 0 aromatic carbocycles. The molecule has 0 bridgehead atoms. The predicted octanol–water partition coefficient (Wildman–Crippen LogP) is 1.83. The van der Waals surface area contributed by atoms with E-state index in [-0.39, 0.29) is 0 Å². The highest BCUT2D eigenvalue weighted by atomic mass is 15.3. The second-order valence-corrected chi connectivity index (χ2v) is 6.16. The van der Waals surface area contributed by atoms with Gasteiger partial charge in [-0.25, -0.2) is 0 Å². The van der Waals surface area contributed by atoms with E-state index in [9.17, 15) is 0 Å². The van der Waals surface area contributed by atoms with Gasteiger partial charge in [0.15, 0.2) is 5.96 Å². The van der Waals surface area contributed by atoms with Crippen LogP contribution in [0.4, 0.5) is 0 Å². The molecular formula is C13H23N3. The monoisotopic (exact) mass is 221 g/mol. The fraction of sp³-hybridized carbons (Fsp3) is 0.923. The minimum atomic E-state index is 0.763. The quantitative estimate of drug-likeness (QED) is 0.571. The lowest BCUT2D eigenvalue weighted by Crippen LogP contribution is -2.43. The first-order chi connectivity index (χ1) is 7.70. The number of hydrogen-bond acceptors (Lipinski definition) is 1. The predicted molar refractivity (Wildman–Crippen MR) is 66.2 cm³/mol. The molecule has 0 amide bonds. The third-order valence-corrected chi connectivity index (χ3v) is 4.71. The van der Waals surface area contributed by atoms with E-state index >= 15 is 0 Å². The Hall–Kier alpha value is -0.730. The Kier molecular flexibility index (Phi) is 2.37. The average Bonchev–Trinajstić information content (AvgIpc) is 3.17. The lowest BCUT2D eigenvalue weighted by molar-refractivity contribution is 0.270. The van der Waals surface area contributed by atoms with Gasteiger partial charge in [-0.3, -0.25) is 4.99 Å². The highest BCUT2D eigenvalue weighted by Gasteiger charge is 2.62. The van der Waals surface area contributed by atoms with Crippen LogP contribution in [0.15, 0.2) is 4.99 Å². The molecule has 1 heterocycles. The van der Waals surface area contributed by atoms with Gasteiger partial charge in [0.2, 0.25) is 0 Å². The smallest absolute Gasteiger partial charge is 0.191 e. The molecule has 90 valence electrons. The summed E-state index contributed by atoms with van der Waals surface area (Å²) in [6.07, 6.45) is 6.93. The average molecular weight is 221 g/mol. The van der Waals surface area contributed by atoms with Crippen LogP contribution in [-0.2, 0) is 0 Å². The molecule has 3 heteroatoms. The van der Waals surface area contributed by atoms with Crippen molar-refractivity contribution in [2.75, 3.05) is 19.6 Å². The van der Waals surface area contributed by atoms with Crippen molar-refractivity contribution in [3.63, 3.8) is 0 Å². The van der Waals surface area contributed by atoms with Gasteiger partial charge < -0.3 is 10.6 Å². The number of aliphatic imine (C=N–C) groups is 1. The van der Waals surface area contributed by atoms with E-state index in [1.165, 1.54) is 32.1 Å². The molecule has 3 aliphatic rings. The van der Waals surface area contributed by atoms with Crippen LogP contribution in [0.5, 0.6) is 0 Å². The SMILES string of the molecule is CC1CCCN(C(N)=NCC2CC23CC3)C1. The lowest BCUT2D eigenvalue weighted by Gasteiger charge is -2.31. The van der Waals surface area contributed by atoms with Crippen LogP contribution < -0.4 is 5.73 Å². The number of hydrogen-bond donors (Lipinski definition) is 1. The standard InChI is InChI=1S/C13H23N3/c1-10-3-2-6-16(9-10)12(14)15-8-11-7-13(11)4-5-13/h10-11H,2-9H2,1H3,(H2,14,15). The molecule has 3 rings (SSSR count). The second kappa shape index (κ2) is 3.64. The fourth-order valence-electron chi connectivity index (χ4n) is 3.16. The fourth-order valence-corrected chi connectivity index (χ4v) is 3.16. The van der Waals surface area contributed by atoms with E-state index in [0.717, 1.165) is 42.8 Å². The van der Waals surface area contributed by atoms with Crippen LogP contribution in [0, 0.1) is 17.3 Å². The number of guanidine groups is 1. The Bertz CT molecular complexity index is 306. The van der Waals surface area contributed by atoms with E-state index in [0.29, 0.717) is 0 Å². The topological polar surface area (TPSA) is 41.6 Å². The zero-order chi connectivity index (χ0) is 11.2. The molecule has 2 unspecified atom stereocenters. The van der Waals surface area contributed by atoms with Crippen LogP contribution in [0.25, 0.3) is 0 Å². The van der Waals surface area contributed by atoms with Gasteiger partial charge in [0.25, 0.3) is 0 Å². The second-order valence-electron chi connectivity index (χ2n) is 6.16. The summed E-state index contributed by atoms with van der Waals surface area (Å²) in [6.45, 7) is 5.50. The number of piperidine rings is 1. The van der Waals surface area contributed by atoms with Crippen molar-refractivity contribution in [2.24, 2.45) is 28.0 Å². The van der Waals surface area contributed by atoms with Crippen LogP contribution >= 0.6 is 0 Å². The number of rotatable bonds is 2.